The molecule has 3 N–H and O–H groups in total. The number of benzene rings is 2. The summed E-state index contributed by atoms with van der Waals surface area (Å²) in [5.74, 6) is -1.12. The van der Waals surface area contributed by atoms with Crippen molar-refractivity contribution in [3.8, 4) is 0 Å². The van der Waals surface area contributed by atoms with Crippen LogP contribution in [-0.4, -0.2) is 36.0 Å². The minimum Gasteiger partial charge on any atom is -0.357 e. The van der Waals surface area contributed by atoms with E-state index in [9.17, 15) is 19.0 Å². The molecule has 6 nitrogen and oxygen atoms in total. The van der Waals surface area contributed by atoms with E-state index in [1.54, 1.807) is 0 Å². The molecule has 2 aromatic carbocycles. The van der Waals surface area contributed by atoms with Crippen LogP contribution in [-0.2, 0) is 26.7 Å². The molecular formula is C28H41N2O4P. The molecule has 0 aliphatic heterocycles. The van der Waals surface area contributed by atoms with Crippen LogP contribution in [0, 0.1) is 17.3 Å². The molecule has 0 radical (unpaired) electrons. The lowest BCUT2D eigenvalue weighted by molar-refractivity contribution is -0.133. The molecule has 0 fully saturated rings. The number of rotatable bonds is 11. The molecule has 0 bridgehead atoms. The Morgan fingerprint density at radius 2 is 1.46 bits per heavy atom. The van der Waals surface area contributed by atoms with Crippen molar-refractivity contribution in [2.45, 2.75) is 59.7 Å². The average molecular weight is 501 g/mol. The second-order valence-electron chi connectivity index (χ2n) is 10.9. The normalized spacial score (nSPS) is 15.2. The molecule has 192 valence electrons. The number of hydrogen-bond acceptors (Lipinski definition) is 3. The smallest absolute Gasteiger partial charge is 0.242 e. The van der Waals surface area contributed by atoms with Crippen molar-refractivity contribution in [2.24, 2.45) is 17.3 Å². The molecule has 3 atom stereocenters. The Bertz CT molecular complexity index is 1010. The zero-order valence-corrected chi connectivity index (χ0v) is 22.8. The number of carbonyl (C=O) groups is 2. The van der Waals surface area contributed by atoms with E-state index in [0.717, 1.165) is 17.5 Å². The van der Waals surface area contributed by atoms with Gasteiger partial charge in [0.25, 0.3) is 0 Å². The predicted octanol–water partition coefficient (Wildman–Crippen LogP) is 4.99. The molecule has 7 heteroatoms. The molecule has 0 spiro atoms. The molecular weight excluding hydrogens is 459 g/mol. The van der Waals surface area contributed by atoms with Crippen LogP contribution < -0.4 is 10.6 Å². The van der Waals surface area contributed by atoms with Crippen molar-refractivity contribution in [2.75, 3.05) is 13.2 Å². The standard InChI is InChI=1S/C28H41N2O4P/c1-20(2)16-24(26(31)30-25(27(32)29-6)28(3,4)5)19-35(33,34)18-23-14-12-22(13-15-23)17-21-10-8-7-9-11-21/h7-15,20,24-25H,16-19H2,1-6H3,(H,29,32)(H,30,31)(H,33,34)/t24-,25+/m1/s1. The summed E-state index contributed by atoms with van der Waals surface area (Å²) in [5.41, 5.74) is 2.62. The summed E-state index contributed by atoms with van der Waals surface area (Å²) in [6.45, 7) is 9.59. The van der Waals surface area contributed by atoms with Gasteiger partial charge in [-0.15, -0.1) is 0 Å². The van der Waals surface area contributed by atoms with Gasteiger partial charge in [0.15, 0.2) is 0 Å². The fraction of sp³-hybridized carbons (Fsp3) is 0.500. The average Bonchev–Trinajstić information content (AvgIpc) is 2.77. The summed E-state index contributed by atoms with van der Waals surface area (Å²) in [6, 6.07) is 17.2. The van der Waals surface area contributed by atoms with Crippen LogP contribution in [0.3, 0.4) is 0 Å². The third-order valence-corrected chi connectivity index (χ3v) is 7.87. The van der Waals surface area contributed by atoms with Gasteiger partial charge < -0.3 is 15.5 Å². The fourth-order valence-corrected chi connectivity index (χ4v) is 6.12. The van der Waals surface area contributed by atoms with Crippen molar-refractivity contribution >= 4 is 19.2 Å². The van der Waals surface area contributed by atoms with Gasteiger partial charge in [0.1, 0.15) is 6.04 Å². The van der Waals surface area contributed by atoms with Gasteiger partial charge in [0.05, 0.1) is 0 Å². The number of hydrogen-bond donors (Lipinski definition) is 3. The molecule has 0 aliphatic rings. The van der Waals surface area contributed by atoms with E-state index >= 15 is 0 Å². The SMILES string of the molecule is CNC(=O)[C@H](NC(=O)[C@H](CC(C)C)CP(=O)(O)Cc1ccc(Cc2ccccc2)cc1)C(C)(C)C. The third kappa shape index (κ3) is 9.62. The van der Waals surface area contributed by atoms with Crippen LogP contribution >= 0.6 is 7.37 Å². The lowest BCUT2D eigenvalue weighted by Gasteiger charge is -2.32. The molecule has 35 heavy (non-hydrogen) atoms. The first-order valence-corrected chi connectivity index (χ1v) is 14.3. The van der Waals surface area contributed by atoms with Gasteiger partial charge in [-0.05, 0) is 40.9 Å². The van der Waals surface area contributed by atoms with Gasteiger partial charge in [0.2, 0.25) is 19.2 Å². The van der Waals surface area contributed by atoms with E-state index in [2.05, 4.69) is 22.8 Å². The molecule has 2 amide bonds. The van der Waals surface area contributed by atoms with Crippen molar-refractivity contribution in [3.05, 3.63) is 71.3 Å². The number of amides is 2. The van der Waals surface area contributed by atoms with Crippen LogP contribution in [0.25, 0.3) is 0 Å². The van der Waals surface area contributed by atoms with Crippen molar-refractivity contribution < 1.29 is 19.0 Å². The highest BCUT2D eigenvalue weighted by atomic mass is 31.2. The van der Waals surface area contributed by atoms with E-state index in [1.165, 1.54) is 12.6 Å². The van der Waals surface area contributed by atoms with Crippen LogP contribution in [0.1, 0.15) is 57.7 Å². The summed E-state index contributed by atoms with van der Waals surface area (Å²) in [4.78, 5) is 36.4. The number of likely N-dealkylation sites (N-methyl/N-ethyl adjacent to an activating group) is 1. The van der Waals surface area contributed by atoms with Crippen molar-refractivity contribution in [3.63, 3.8) is 0 Å². The summed E-state index contributed by atoms with van der Waals surface area (Å²) in [5, 5.41) is 5.45. The Morgan fingerprint density at radius 1 is 0.914 bits per heavy atom. The molecule has 2 rings (SSSR count). The second-order valence-corrected chi connectivity index (χ2v) is 13.3. The molecule has 1 unspecified atom stereocenters. The maximum absolute atomic E-state index is 13.2. The maximum atomic E-state index is 13.2. The van der Waals surface area contributed by atoms with Crippen molar-refractivity contribution in [1.29, 1.82) is 0 Å². The lowest BCUT2D eigenvalue weighted by atomic mass is 9.85. The number of nitrogens with one attached hydrogen (secondary N) is 2. The minimum absolute atomic E-state index is 0.0125. The summed E-state index contributed by atoms with van der Waals surface area (Å²) in [6.07, 6.45) is 1.16. The molecule has 0 saturated heterocycles. The zero-order chi connectivity index (χ0) is 26.2. The summed E-state index contributed by atoms with van der Waals surface area (Å²) >= 11 is 0. The molecule has 2 aromatic rings. The Hall–Kier alpha value is -2.43. The monoisotopic (exact) mass is 500 g/mol. The molecule has 0 saturated carbocycles. The quantitative estimate of drug-likeness (QED) is 0.379. The highest BCUT2D eigenvalue weighted by molar-refractivity contribution is 7.57. The van der Waals surface area contributed by atoms with Crippen LogP contribution in [0.2, 0.25) is 0 Å². The van der Waals surface area contributed by atoms with Gasteiger partial charge >= 0.3 is 0 Å². The predicted molar refractivity (Wildman–Crippen MR) is 142 cm³/mol. The summed E-state index contributed by atoms with van der Waals surface area (Å²) < 4.78 is 13.2. The first-order valence-electron chi connectivity index (χ1n) is 12.3. The van der Waals surface area contributed by atoms with Crippen LogP contribution in [0.5, 0.6) is 0 Å². The highest BCUT2D eigenvalue weighted by Gasteiger charge is 2.36. The van der Waals surface area contributed by atoms with Crippen LogP contribution in [0.4, 0.5) is 0 Å². The number of carbonyl (C=O) groups excluding carboxylic acids is 2. The Labute approximate surface area is 210 Å². The van der Waals surface area contributed by atoms with Crippen LogP contribution in [0.15, 0.2) is 54.6 Å². The van der Waals surface area contributed by atoms with E-state index in [0.29, 0.717) is 6.42 Å². The second kappa shape index (κ2) is 12.5. The van der Waals surface area contributed by atoms with Crippen molar-refractivity contribution in [1.82, 2.24) is 10.6 Å². The molecule has 0 aromatic heterocycles. The van der Waals surface area contributed by atoms with E-state index in [-0.39, 0.29) is 30.1 Å². The zero-order valence-electron chi connectivity index (χ0n) is 21.9. The molecule has 0 heterocycles. The van der Waals surface area contributed by atoms with Gasteiger partial charge in [-0.1, -0.05) is 89.2 Å². The Morgan fingerprint density at radius 3 is 1.97 bits per heavy atom. The third-order valence-electron chi connectivity index (χ3n) is 6.00. The topological polar surface area (TPSA) is 95.5 Å². The van der Waals surface area contributed by atoms with Gasteiger partial charge in [-0.3, -0.25) is 14.2 Å². The van der Waals surface area contributed by atoms with E-state index in [4.69, 9.17) is 0 Å². The summed E-state index contributed by atoms with van der Waals surface area (Å²) in [7, 11) is -2.10. The van der Waals surface area contributed by atoms with Gasteiger partial charge in [-0.25, -0.2) is 0 Å². The lowest BCUT2D eigenvalue weighted by Crippen LogP contribution is -2.54. The maximum Gasteiger partial charge on any atom is 0.242 e. The highest BCUT2D eigenvalue weighted by Crippen LogP contribution is 2.47. The molecule has 0 aliphatic carbocycles. The minimum atomic E-state index is -3.64. The first kappa shape index (κ1) is 28.8. The largest absolute Gasteiger partial charge is 0.357 e. The van der Waals surface area contributed by atoms with E-state index in [1.807, 2.05) is 77.1 Å². The van der Waals surface area contributed by atoms with Gasteiger partial charge in [-0.2, -0.15) is 0 Å². The van der Waals surface area contributed by atoms with E-state index < -0.39 is 24.7 Å². The Kier molecular flexibility index (Phi) is 10.3. The fourth-order valence-electron chi connectivity index (χ4n) is 4.20. The first-order chi connectivity index (χ1) is 16.3. The van der Waals surface area contributed by atoms with Gasteiger partial charge in [0, 0.05) is 25.3 Å². The Balaban J connectivity index is 2.10.